The average molecular weight is 301 g/mol. The number of rotatable bonds is 4. The third-order valence-electron chi connectivity index (χ3n) is 4.02. The predicted octanol–water partition coefficient (Wildman–Crippen LogP) is 3.74. The highest BCUT2D eigenvalue weighted by atomic mass is 19.4. The van der Waals surface area contributed by atoms with E-state index in [9.17, 15) is 18.0 Å². The van der Waals surface area contributed by atoms with Gasteiger partial charge in [0, 0.05) is 24.7 Å². The summed E-state index contributed by atoms with van der Waals surface area (Å²) in [7, 11) is 0. The maximum atomic E-state index is 12.8. The second-order valence-corrected chi connectivity index (χ2v) is 5.48. The molecule has 0 spiro atoms. The fourth-order valence-corrected chi connectivity index (χ4v) is 2.84. The van der Waals surface area contributed by atoms with Crippen LogP contribution in [0.5, 0.6) is 0 Å². The van der Waals surface area contributed by atoms with Crippen LogP contribution in [0.1, 0.15) is 37.3 Å². The van der Waals surface area contributed by atoms with Crippen LogP contribution in [0.2, 0.25) is 0 Å². The van der Waals surface area contributed by atoms with Crippen LogP contribution in [0.3, 0.4) is 0 Å². The minimum absolute atomic E-state index is 0.173. The number of halogens is 3. The Morgan fingerprint density at radius 1 is 1.48 bits per heavy atom. The van der Waals surface area contributed by atoms with Gasteiger partial charge >= 0.3 is 12.1 Å². The largest absolute Gasteiger partial charge is 0.481 e. The highest BCUT2D eigenvalue weighted by molar-refractivity contribution is 5.70. The summed E-state index contributed by atoms with van der Waals surface area (Å²) in [5.74, 6) is -1.67. The van der Waals surface area contributed by atoms with Gasteiger partial charge in [-0.3, -0.25) is 4.79 Å². The molecule has 1 aliphatic heterocycles. The number of hydrogen-bond acceptors (Lipinski definition) is 2. The highest BCUT2D eigenvalue weighted by Crippen LogP contribution is 2.42. The molecule has 3 nitrogen and oxygen atoms in total. The lowest BCUT2D eigenvalue weighted by Gasteiger charge is -2.17. The zero-order valence-corrected chi connectivity index (χ0v) is 11.9. The van der Waals surface area contributed by atoms with E-state index in [-0.39, 0.29) is 5.92 Å². The van der Waals surface area contributed by atoms with Gasteiger partial charge in [-0.25, -0.2) is 0 Å². The van der Waals surface area contributed by atoms with Crippen molar-refractivity contribution >= 4 is 11.7 Å². The summed E-state index contributed by atoms with van der Waals surface area (Å²) in [5.41, 5.74) is 0.722. The number of aliphatic carboxylic acids is 1. The van der Waals surface area contributed by atoms with Gasteiger partial charge in [0.25, 0.3) is 0 Å². The second-order valence-electron chi connectivity index (χ2n) is 5.48. The smallest absolute Gasteiger partial charge is 0.416 e. The quantitative estimate of drug-likeness (QED) is 0.921. The minimum atomic E-state index is -4.38. The maximum Gasteiger partial charge on any atom is 0.416 e. The van der Waals surface area contributed by atoms with Crippen molar-refractivity contribution < 1.29 is 23.1 Å². The summed E-state index contributed by atoms with van der Waals surface area (Å²) in [6.07, 6.45) is -4.03. The normalized spacial score (nSPS) is 19.5. The van der Waals surface area contributed by atoms with Crippen LogP contribution < -0.4 is 4.90 Å². The number of alkyl halides is 3. The zero-order valence-electron chi connectivity index (χ0n) is 11.9. The molecule has 1 aliphatic rings. The molecule has 0 saturated heterocycles. The molecule has 0 aliphatic carbocycles. The number of carboxylic acid groups (broad SMARTS) is 1. The molecule has 0 fully saturated rings. The predicted molar refractivity (Wildman–Crippen MR) is 73.5 cm³/mol. The van der Waals surface area contributed by atoms with E-state index < -0.39 is 23.6 Å². The first-order chi connectivity index (χ1) is 9.74. The maximum absolute atomic E-state index is 12.8. The lowest BCUT2D eigenvalue weighted by Crippen LogP contribution is -2.22. The summed E-state index contributed by atoms with van der Waals surface area (Å²) >= 11 is 0. The second kappa shape index (κ2) is 5.58. The summed E-state index contributed by atoms with van der Waals surface area (Å²) in [4.78, 5) is 13.0. The number of anilines is 1. The number of carbonyl (C=O) groups is 1. The van der Waals surface area contributed by atoms with Crippen LogP contribution in [0.15, 0.2) is 18.2 Å². The van der Waals surface area contributed by atoms with E-state index in [0.29, 0.717) is 25.1 Å². The molecule has 2 unspecified atom stereocenters. The van der Waals surface area contributed by atoms with Gasteiger partial charge in [0.05, 0.1) is 11.5 Å². The first-order valence-electron chi connectivity index (χ1n) is 6.93. The summed E-state index contributed by atoms with van der Waals surface area (Å²) in [5, 5.41) is 9.00. The van der Waals surface area contributed by atoms with Crippen molar-refractivity contribution in [3.63, 3.8) is 0 Å². The molecule has 2 atom stereocenters. The highest BCUT2D eigenvalue weighted by Gasteiger charge is 2.35. The number of nitrogens with zero attached hydrogens (tertiary/aromatic N) is 1. The molecule has 2 rings (SSSR count). The first kappa shape index (κ1) is 15.7. The Hall–Kier alpha value is -1.72. The fourth-order valence-electron chi connectivity index (χ4n) is 2.84. The van der Waals surface area contributed by atoms with Gasteiger partial charge in [0.15, 0.2) is 0 Å². The van der Waals surface area contributed by atoms with E-state index in [1.807, 2.05) is 11.8 Å². The molecule has 6 heteroatoms. The van der Waals surface area contributed by atoms with Crippen LogP contribution in [-0.4, -0.2) is 24.2 Å². The zero-order chi connectivity index (χ0) is 15.8. The van der Waals surface area contributed by atoms with Gasteiger partial charge in [-0.2, -0.15) is 13.2 Å². The molecule has 21 heavy (non-hydrogen) atoms. The molecule has 0 saturated carbocycles. The molecule has 1 aromatic carbocycles. The fraction of sp³-hybridized carbons (Fsp3) is 0.533. The van der Waals surface area contributed by atoms with Crippen molar-refractivity contribution in [3.8, 4) is 0 Å². The van der Waals surface area contributed by atoms with Gasteiger partial charge < -0.3 is 10.0 Å². The first-order valence-corrected chi connectivity index (χ1v) is 6.93. The van der Waals surface area contributed by atoms with Crippen molar-refractivity contribution in [2.45, 2.75) is 32.4 Å². The molecular formula is C15H18F3NO2. The van der Waals surface area contributed by atoms with Crippen LogP contribution in [0.25, 0.3) is 0 Å². The summed E-state index contributed by atoms with van der Waals surface area (Å²) in [6.45, 7) is 4.79. The topological polar surface area (TPSA) is 40.5 Å². The Balaban J connectivity index is 2.35. The van der Waals surface area contributed by atoms with Crippen LogP contribution in [0, 0.1) is 5.92 Å². The Bertz CT molecular complexity index is 542. The van der Waals surface area contributed by atoms with Gasteiger partial charge in [0.2, 0.25) is 0 Å². The van der Waals surface area contributed by atoms with Crippen LogP contribution in [-0.2, 0) is 11.0 Å². The molecule has 0 bridgehead atoms. The Morgan fingerprint density at radius 2 is 2.14 bits per heavy atom. The average Bonchev–Trinajstić information content (AvgIpc) is 2.75. The number of likely N-dealkylation sites (N-methyl/N-ethyl adjacent to an activating group) is 1. The number of carboxylic acids is 1. The number of hydrogen-bond donors (Lipinski definition) is 1. The molecule has 0 aromatic heterocycles. The van der Waals surface area contributed by atoms with Crippen molar-refractivity contribution in [1.29, 1.82) is 0 Å². The van der Waals surface area contributed by atoms with Crippen molar-refractivity contribution in [3.05, 3.63) is 29.3 Å². The third-order valence-corrected chi connectivity index (χ3v) is 4.02. The van der Waals surface area contributed by atoms with Gasteiger partial charge in [-0.05, 0) is 37.1 Å². The van der Waals surface area contributed by atoms with E-state index in [4.69, 9.17) is 5.11 Å². The monoisotopic (exact) mass is 301 g/mol. The number of fused-ring (bicyclic) bond motifs is 1. The van der Waals surface area contributed by atoms with Crippen molar-refractivity contribution in [2.24, 2.45) is 5.92 Å². The van der Waals surface area contributed by atoms with E-state index in [0.717, 1.165) is 11.8 Å². The summed E-state index contributed by atoms with van der Waals surface area (Å²) < 4.78 is 38.5. The molecule has 0 radical (unpaired) electrons. The van der Waals surface area contributed by atoms with E-state index in [1.165, 1.54) is 12.1 Å². The molecular weight excluding hydrogens is 283 g/mol. The van der Waals surface area contributed by atoms with E-state index >= 15 is 0 Å². The molecule has 1 aromatic rings. The van der Waals surface area contributed by atoms with Crippen LogP contribution >= 0.6 is 0 Å². The van der Waals surface area contributed by atoms with Crippen molar-refractivity contribution in [2.75, 3.05) is 18.0 Å². The Labute approximate surface area is 121 Å². The summed E-state index contributed by atoms with van der Waals surface area (Å²) in [6, 6.07) is 3.75. The number of benzene rings is 1. The van der Waals surface area contributed by atoms with Gasteiger partial charge in [0.1, 0.15) is 0 Å². The third kappa shape index (κ3) is 3.14. The lowest BCUT2D eigenvalue weighted by molar-refractivity contribution is -0.141. The van der Waals surface area contributed by atoms with E-state index in [1.54, 1.807) is 6.92 Å². The SMILES string of the molecule is CCN1CC(CC(C)C(=O)O)c2cc(C(F)(F)F)ccc21. The molecule has 1 N–H and O–H groups in total. The van der Waals surface area contributed by atoms with Crippen molar-refractivity contribution in [1.82, 2.24) is 0 Å². The minimum Gasteiger partial charge on any atom is -0.481 e. The Morgan fingerprint density at radius 3 is 2.67 bits per heavy atom. The standard InChI is InChI=1S/C15H18F3NO2/c1-3-19-8-10(6-9(2)14(20)21)12-7-11(15(16,17)18)4-5-13(12)19/h4-5,7,9-10H,3,6,8H2,1-2H3,(H,20,21). The Kier molecular flexibility index (Phi) is 4.16. The van der Waals surface area contributed by atoms with Crippen LogP contribution in [0.4, 0.5) is 18.9 Å². The molecule has 116 valence electrons. The molecule has 0 amide bonds. The van der Waals surface area contributed by atoms with E-state index in [2.05, 4.69) is 0 Å². The lowest BCUT2D eigenvalue weighted by atomic mass is 9.90. The van der Waals surface area contributed by atoms with Gasteiger partial charge in [-0.1, -0.05) is 6.92 Å². The van der Waals surface area contributed by atoms with Gasteiger partial charge in [-0.15, -0.1) is 0 Å². The molecule has 1 heterocycles.